The van der Waals surface area contributed by atoms with Crippen LogP contribution < -0.4 is 5.32 Å². The molecule has 0 radical (unpaired) electrons. The number of hydrogen-bond acceptors (Lipinski definition) is 8. The lowest BCUT2D eigenvalue weighted by atomic mass is 10.1. The molecule has 0 saturated heterocycles. The first kappa shape index (κ1) is 25.3. The standard InChI is InChI=1S/C28H26N4O5/c1-28(2,3)37-27(33)24(17-22-13-8-14-36-22)31-26-23(15-19-9-5-4-6-10-19)30-25(18-29-26)20-11-7-12-21(16-20)32(34)35/h4-14,16-18H,15H2,1-3H3,(H,29,31)/b24-17-. The fraction of sp³-hybridized carbons (Fsp3) is 0.179. The Labute approximate surface area is 214 Å². The van der Waals surface area contributed by atoms with Gasteiger partial charge in [-0.15, -0.1) is 0 Å². The van der Waals surface area contributed by atoms with Gasteiger partial charge < -0.3 is 14.5 Å². The lowest BCUT2D eigenvalue weighted by Crippen LogP contribution is -2.27. The molecule has 0 atom stereocenters. The highest BCUT2D eigenvalue weighted by atomic mass is 16.6. The van der Waals surface area contributed by atoms with Gasteiger partial charge in [-0.2, -0.15) is 0 Å². The Balaban J connectivity index is 1.76. The van der Waals surface area contributed by atoms with Gasteiger partial charge in [-0.25, -0.2) is 14.8 Å². The minimum absolute atomic E-state index is 0.0419. The predicted octanol–water partition coefficient (Wildman–Crippen LogP) is 6.03. The maximum Gasteiger partial charge on any atom is 0.355 e. The third-order valence-electron chi connectivity index (χ3n) is 5.11. The van der Waals surface area contributed by atoms with E-state index in [1.54, 1.807) is 45.0 Å². The quantitative estimate of drug-likeness (QED) is 0.135. The van der Waals surface area contributed by atoms with E-state index in [1.165, 1.54) is 30.7 Å². The first-order valence-electron chi connectivity index (χ1n) is 11.6. The summed E-state index contributed by atoms with van der Waals surface area (Å²) in [6.45, 7) is 5.34. The smallest absolute Gasteiger partial charge is 0.355 e. The number of anilines is 1. The van der Waals surface area contributed by atoms with Gasteiger partial charge in [0, 0.05) is 30.2 Å². The number of hydrogen-bond donors (Lipinski definition) is 1. The molecular formula is C28H26N4O5. The molecule has 2 heterocycles. The summed E-state index contributed by atoms with van der Waals surface area (Å²) in [5, 5.41) is 14.3. The molecule has 0 fully saturated rings. The van der Waals surface area contributed by atoms with E-state index >= 15 is 0 Å². The number of esters is 1. The Morgan fingerprint density at radius 2 is 1.89 bits per heavy atom. The molecule has 0 aliphatic rings. The topological polar surface area (TPSA) is 120 Å². The van der Waals surface area contributed by atoms with E-state index in [0.29, 0.717) is 35.0 Å². The molecule has 9 nitrogen and oxygen atoms in total. The van der Waals surface area contributed by atoms with Gasteiger partial charge in [-0.1, -0.05) is 42.5 Å². The van der Waals surface area contributed by atoms with Crippen molar-refractivity contribution >= 4 is 23.6 Å². The second-order valence-electron chi connectivity index (χ2n) is 9.22. The summed E-state index contributed by atoms with van der Waals surface area (Å²) >= 11 is 0. The van der Waals surface area contributed by atoms with Gasteiger partial charge in [0.2, 0.25) is 0 Å². The van der Waals surface area contributed by atoms with E-state index in [-0.39, 0.29) is 11.4 Å². The van der Waals surface area contributed by atoms with Crippen molar-refractivity contribution in [3.8, 4) is 11.3 Å². The number of nitro groups is 1. The molecule has 1 N–H and O–H groups in total. The monoisotopic (exact) mass is 498 g/mol. The van der Waals surface area contributed by atoms with E-state index < -0.39 is 16.5 Å². The molecule has 0 aliphatic carbocycles. The second-order valence-corrected chi connectivity index (χ2v) is 9.22. The fourth-order valence-corrected chi connectivity index (χ4v) is 3.48. The van der Waals surface area contributed by atoms with Crippen molar-refractivity contribution < 1.29 is 18.9 Å². The van der Waals surface area contributed by atoms with Crippen molar-refractivity contribution in [1.82, 2.24) is 9.97 Å². The Bertz CT molecular complexity index is 1420. The maximum absolute atomic E-state index is 13.0. The zero-order chi connectivity index (χ0) is 26.4. The van der Waals surface area contributed by atoms with Crippen LogP contribution in [0.4, 0.5) is 11.5 Å². The zero-order valence-corrected chi connectivity index (χ0v) is 20.7. The van der Waals surface area contributed by atoms with Gasteiger partial charge >= 0.3 is 5.97 Å². The minimum Gasteiger partial charge on any atom is -0.465 e. The van der Waals surface area contributed by atoms with Crippen LogP contribution in [0.3, 0.4) is 0 Å². The molecule has 0 bridgehead atoms. The van der Waals surface area contributed by atoms with Crippen LogP contribution >= 0.6 is 0 Å². The SMILES string of the molecule is CC(C)(C)OC(=O)/C(=C/c1ccco1)Nc1ncc(-c2cccc([N+](=O)[O-])c2)nc1Cc1ccccc1. The summed E-state index contributed by atoms with van der Waals surface area (Å²) in [6.07, 6.45) is 4.96. The van der Waals surface area contributed by atoms with Crippen LogP contribution in [0.15, 0.2) is 89.3 Å². The number of nitro benzene ring substituents is 1. The Morgan fingerprint density at radius 1 is 1.11 bits per heavy atom. The molecule has 0 amide bonds. The average Bonchev–Trinajstić information content (AvgIpc) is 3.37. The molecule has 0 aliphatic heterocycles. The van der Waals surface area contributed by atoms with Gasteiger partial charge in [0.25, 0.3) is 5.69 Å². The molecule has 37 heavy (non-hydrogen) atoms. The van der Waals surface area contributed by atoms with Crippen LogP contribution in [0.2, 0.25) is 0 Å². The fourth-order valence-electron chi connectivity index (χ4n) is 3.48. The molecule has 0 saturated carbocycles. The maximum atomic E-state index is 13.0. The Kier molecular flexibility index (Phi) is 7.43. The lowest BCUT2D eigenvalue weighted by Gasteiger charge is -2.21. The lowest BCUT2D eigenvalue weighted by molar-refractivity contribution is -0.384. The van der Waals surface area contributed by atoms with Gasteiger partial charge in [-0.05, 0) is 38.5 Å². The average molecular weight is 499 g/mol. The molecule has 4 aromatic rings. The van der Waals surface area contributed by atoms with Gasteiger partial charge in [0.1, 0.15) is 17.1 Å². The minimum atomic E-state index is -0.717. The van der Waals surface area contributed by atoms with E-state index in [4.69, 9.17) is 14.1 Å². The highest BCUT2D eigenvalue weighted by Crippen LogP contribution is 2.26. The Hall–Kier alpha value is -4.79. The van der Waals surface area contributed by atoms with E-state index in [0.717, 1.165) is 5.56 Å². The summed E-state index contributed by atoms with van der Waals surface area (Å²) in [4.78, 5) is 33.2. The molecule has 188 valence electrons. The largest absolute Gasteiger partial charge is 0.465 e. The second kappa shape index (κ2) is 10.9. The zero-order valence-electron chi connectivity index (χ0n) is 20.7. The normalized spacial score (nSPS) is 11.7. The van der Waals surface area contributed by atoms with E-state index in [1.807, 2.05) is 30.3 Å². The molecule has 4 rings (SSSR count). The third-order valence-corrected chi connectivity index (χ3v) is 5.11. The van der Waals surface area contributed by atoms with Gasteiger partial charge in [0.15, 0.2) is 5.82 Å². The highest BCUT2D eigenvalue weighted by molar-refractivity contribution is 5.96. The summed E-state index contributed by atoms with van der Waals surface area (Å²) < 4.78 is 11.0. The van der Waals surface area contributed by atoms with Crippen LogP contribution in [-0.2, 0) is 16.0 Å². The number of ether oxygens (including phenoxy) is 1. The number of nitrogens with zero attached hydrogens (tertiary/aromatic N) is 3. The Morgan fingerprint density at radius 3 is 2.57 bits per heavy atom. The number of furan rings is 1. The molecule has 0 spiro atoms. The van der Waals surface area contributed by atoms with Crippen molar-refractivity contribution in [2.45, 2.75) is 32.8 Å². The number of carbonyl (C=O) groups is 1. The molecule has 9 heteroatoms. The number of rotatable bonds is 8. The van der Waals surface area contributed by atoms with Crippen LogP contribution in [0, 0.1) is 10.1 Å². The number of aromatic nitrogens is 2. The van der Waals surface area contributed by atoms with Crippen LogP contribution in [0.25, 0.3) is 17.3 Å². The summed E-state index contributed by atoms with van der Waals surface area (Å²) in [5.41, 5.74) is 1.91. The third kappa shape index (κ3) is 6.88. The first-order chi connectivity index (χ1) is 17.7. The van der Waals surface area contributed by atoms with Crippen molar-refractivity contribution in [3.63, 3.8) is 0 Å². The van der Waals surface area contributed by atoms with E-state index in [9.17, 15) is 14.9 Å². The highest BCUT2D eigenvalue weighted by Gasteiger charge is 2.22. The summed E-state index contributed by atoms with van der Waals surface area (Å²) in [5.74, 6) is 0.222. The van der Waals surface area contributed by atoms with Crippen molar-refractivity contribution in [1.29, 1.82) is 0 Å². The van der Waals surface area contributed by atoms with E-state index in [2.05, 4.69) is 10.3 Å². The van der Waals surface area contributed by atoms with Crippen LogP contribution in [0.1, 0.15) is 37.8 Å². The summed E-state index contributed by atoms with van der Waals surface area (Å²) in [7, 11) is 0. The molecule has 2 aromatic carbocycles. The molecular weight excluding hydrogens is 472 g/mol. The van der Waals surface area contributed by atoms with Crippen molar-refractivity contribution in [2.75, 3.05) is 5.32 Å². The van der Waals surface area contributed by atoms with Crippen molar-refractivity contribution in [2.24, 2.45) is 0 Å². The first-order valence-corrected chi connectivity index (χ1v) is 11.6. The predicted molar refractivity (Wildman–Crippen MR) is 140 cm³/mol. The summed E-state index contributed by atoms with van der Waals surface area (Å²) in [6, 6.07) is 19.3. The van der Waals surface area contributed by atoms with Gasteiger partial charge in [-0.3, -0.25) is 10.1 Å². The number of benzene rings is 2. The molecule has 2 aromatic heterocycles. The number of non-ortho nitro benzene ring substituents is 1. The van der Waals surface area contributed by atoms with Gasteiger partial charge in [0.05, 0.1) is 28.8 Å². The number of nitrogens with one attached hydrogen (secondary N) is 1. The van der Waals surface area contributed by atoms with Crippen LogP contribution in [0.5, 0.6) is 0 Å². The van der Waals surface area contributed by atoms with Crippen molar-refractivity contribution in [3.05, 3.63) is 112 Å². The number of carbonyl (C=O) groups excluding carboxylic acids is 1. The van der Waals surface area contributed by atoms with Crippen LogP contribution in [-0.4, -0.2) is 26.5 Å². The molecule has 0 unspecified atom stereocenters.